The van der Waals surface area contributed by atoms with Gasteiger partial charge in [-0.15, -0.1) is 0 Å². The van der Waals surface area contributed by atoms with E-state index in [0.717, 1.165) is 17.7 Å². The molecule has 1 saturated heterocycles. The van der Waals surface area contributed by atoms with E-state index >= 15 is 0 Å². The Labute approximate surface area is 123 Å². The zero-order valence-electron chi connectivity index (χ0n) is 12.2. The molecule has 1 atom stereocenters. The summed E-state index contributed by atoms with van der Waals surface area (Å²) in [5, 5.41) is 7.99. The molecule has 1 unspecified atom stereocenters. The van der Waals surface area contributed by atoms with Gasteiger partial charge in [-0.1, -0.05) is 12.2 Å². The van der Waals surface area contributed by atoms with Gasteiger partial charge in [-0.3, -0.25) is 19.7 Å². The predicted octanol–water partition coefficient (Wildman–Crippen LogP) is 0.288. The molecule has 0 aromatic heterocycles. The number of allylic oxidation sites excluding steroid dienone is 3. The number of carbonyl (C=O) groups excluding carboxylic acids is 3. The number of amides is 3. The number of imide groups is 1. The predicted molar refractivity (Wildman–Crippen MR) is 77.9 cm³/mol. The molecule has 3 amide bonds. The number of carbonyl (C=O) groups is 3. The van der Waals surface area contributed by atoms with Crippen LogP contribution in [0.4, 0.5) is 0 Å². The fourth-order valence-electron chi connectivity index (χ4n) is 2.33. The lowest BCUT2D eigenvalue weighted by atomic mass is 10.0. The van der Waals surface area contributed by atoms with Gasteiger partial charge in [0, 0.05) is 31.2 Å². The Hall–Kier alpha value is -2.37. The summed E-state index contributed by atoms with van der Waals surface area (Å²) < 4.78 is 0. The van der Waals surface area contributed by atoms with Crippen molar-refractivity contribution in [3.05, 3.63) is 35.1 Å². The third kappa shape index (κ3) is 3.59. The van der Waals surface area contributed by atoms with E-state index in [-0.39, 0.29) is 18.2 Å². The summed E-state index contributed by atoms with van der Waals surface area (Å²) in [5.41, 5.74) is 2.38. The molecule has 6 heteroatoms. The third-order valence-electron chi connectivity index (χ3n) is 3.55. The Kier molecular flexibility index (Phi) is 4.57. The average molecular weight is 289 g/mol. The van der Waals surface area contributed by atoms with Gasteiger partial charge in [0.15, 0.2) is 0 Å². The molecule has 0 spiro atoms. The Morgan fingerprint density at radius 2 is 2.14 bits per heavy atom. The van der Waals surface area contributed by atoms with E-state index in [0.29, 0.717) is 12.0 Å². The highest BCUT2D eigenvalue weighted by Gasteiger charge is 2.28. The minimum atomic E-state index is -0.653. The second kappa shape index (κ2) is 6.39. The molecule has 1 aliphatic heterocycles. The normalized spacial score (nSPS) is 22.4. The lowest BCUT2D eigenvalue weighted by Gasteiger charge is -2.22. The van der Waals surface area contributed by atoms with Crippen LogP contribution in [0, 0.1) is 0 Å². The maximum Gasteiger partial charge on any atom is 0.252 e. The highest BCUT2D eigenvalue weighted by atomic mass is 16.2. The van der Waals surface area contributed by atoms with Crippen molar-refractivity contribution in [1.82, 2.24) is 16.0 Å². The van der Waals surface area contributed by atoms with E-state index in [2.05, 4.69) is 16.0 Å². The van der Waals surface area contributed by atoms with Gasteiger partial charge in [-0.05, 0) is 25.0 Å². The highest BCUT2D eigenvalue weighted by molar-refractivity contribution is 6.04. The van der Waals surface area contributed by atoms with Crippen LogP contribution in [-0.2, 0) is 14.4 Å². The molecule has 2 aliphatic rings. The Balaban J connectivity index is 2.11. The summed E-state index contributed by atoms with van der Waals surface area (Å²) in [6, 6.07) is -0.653. The molecule has 0 saturated carbocycles. The number of rotatable bonds is 3. The molecule has 0 bridgehead atoms. The second-order valence-corrected chi connectivity index (χ2v) is 5.10. The average Bonchev–Trinajstić information content (AvgIpc) is 2.63. The first kappa shape index (κ1) is 15.0. The van der Waals surface area contributed by atoms with E-state index in [1.807, 2.05) is 26.1 Å². The van der Waals surface area contributed by atoms with Crippen molar-refractivity contribution in [2.75, 3.05) is 7.05 Å². The van der Waals surface area contributed by atoms with Crippen molar-refractivity contribution >= 4 is 17.7 Å². The van der Waals surface area contributed by atoms with Gasteiger partial charge in [-0.2, -0.15) is 0 Å². The smallest absolute Gasteiger partial charge is 0.252 e. The summed E-state index contributed by atoms with van der Waals surface area (Å²) >= 11 is 0. The molecular formula is C15H19N3O3. The van der Waals surface area contributed by atoms with E-state index < -0.39 is 11.9 Å². The molecule has 112 valence electrons. The van der Waals surface area contributed by atoms with Crippen LogP contribution in [0.25, 0.3) is 0 Å². The van der Waals surface area contributed by atoms with Crippen LogP contribution < -0.4 is 16.0 Å². The molecule has 3 N–H and O–H groups in total. The standard InChI is InChI=1S/C15H19N3O3/c1-9-8-10(16-2)4-3-5-11(9)14(20)17-12-6-7-13(19)18-15(12)21/h3,5,8,12,16H,4,6-7H2,1-2H3,(H,17,20)(H,18,19,21). The Morgan fingerprint density at radius 1 is 1.38 bits per heavy atom. The van der Waals surface area contributed by atoms with E-state index in [1.165, 1.54) is 0 Å². The zero-order valence-corrected chi connectivity index (χ0v) is 12.2. The van der Waals surface area contributed by atoms with Crippen molar-refractivity contribution in [2.24, 2.45) is 0 Å². The van der Waals surface area contributed by atoms with Gasteiger partial charge in [0.05, 0.1) is 0 Å². The molecule has 1 heterocycles. The molecule has 6 nitrogen and oxygen atoms in total. The summed E-state index contributed by atoms with van der Waals surface area (Å²) in [5.74, 6) is -1.04. The summed E-state index contributed by atoms with van der Waals surface area (Å²) in [4.78, 5) is 35.1. The molecule has 0 aromatic rings. The summed E-state index contributed by atoms with van der Waals surface area (Å²) in [7, 11) is 1.83. The lowest BCUT2D eigenvalue weighted by molar-refractivity contribution is -0.136. The summed E-state index contributed by atoms with van der Waals surface area (Å²) in [6.45, 7) is 1.85. The minimum absolute atomic E-state index is 0.244. The fourth-order valence-corrected chi connectivity index (χ4v) is 2.33. The second-order valence-electron chi connectivity index (χ2n) is 5.10. The number of hydrogen-bond acceptors (Lipinski definition) is 4. The van der Waals surface area contributed by atoms with Crippen molar-refractivity contribution in [2.45, 2.75) is 32.2 Å². The number of nitrogens with one attached hydrogen (secondary N) is 3. The minimum Gasteiger partial charge on any atom is -0.391 e. The highest BCUT2D eigenvalue weighted by Crippen LogP contribution is 2.17. The summed E-state index contributed by atoms with van der Waals surface area (Å²) in [6.07, 6.45) is 6.89. The Bertz CT molecular complexity index is 573. The van der Waals surface area contributed by atoms with Gasteiger partial charge < -0.3 is 10.6 Å². The first-order valence-electron chi connectivity index (χ1n) is 6.91. The van der Waals surface area contributed by atoms with Crippen molar-refractivity contribution in [3.63, 3.8) is 0 Å². The van der Waals surface area contributed by atoms with E-state index in [4.69, 9.17) is 0 Å². The molecule has 21 heavy (non-hydrogen) atoms. The van der Waals surface area contributed by atoms with Crippen LogP contribution >= 0.6 is 0 Å². The first-order valence-corrected chi connectivity index (χ1v) is 6.91. The maximum absolute atomic E-state index is 12.3. The largest absolute Gasteiger partial charge is 0.391 e. The molecule has 2 rings (SSSR count). The van der Waals surface area contributed by atoms with Gasteiger partial charge in [0.1, 0.15) is 6.04 Å². The van der Waals surface area contributed by atoms with Crippen LogP contribution in [0.15, 0.2) is 35.1 Å². The molecule has 0 radical (unpaired) electrons. The van der Waals surface area contributed by atoms with Gasteiger partial charge in [0.2, 0.25) is 11.8 Å². The van der Waals surface area contributed by atoms with Crippen molar-refractivity contribution < 1.29 is 14.4 Å². The van der Waals surface area contributed by atoms with Crippen molar-refractivity contribution in [3.8, 4) is 0 Å². The van der Waals surface area contributed by atoms with Crippen LogP contribution in [0.5, 0.6) is 0 Å². The quantitative estimate of drug-likeness (QED) is 0.652. The van der Waals surface area contributed by atoms with Gasteiger partial charge in [0.25, 0.3) is 5.91 Å². The van der Waals surface area contributed by atoms with Gasteiger partial charge >= 0.3 is 0 Å². The van der Waals surface area contributed by atoms with E-state index in [9.17, 15) is 14.4 Å². The molecule has 1 aliphatic carbocycles. The Morgan fingerprint density at radius 3 is 2.81 bits per heavy atom. The molecular weight excluding hydrogens is 270 g/mol. The number of piperidine rings is 1. The SMILES string of the molecule is CNC1=CC(C)=C(C(=O)NC2CCC(=O)NC2=O)C=CC1. The fraction of sp³-hybridized carbons (Fsp3) is 0.400. The molecule has 0 aromatic carbocycles. The topological polar surface area (TPSA) is 87.3 Å². The van der Waals surface area contributed by atoms with Crippen molar-refractivity contribution in [1.29, 1.82) is 0 Å². The monoisotopic (exact) mass is 289 g/mol. The van der Waals surface area contributed by atoms with Gasteiger partial charge in [-0.25, -0.2) is 0 Å². The number of hydrogen-bond donors (Lipinski definition) is 3. The maximum atomic E-state index is 12.3. The zero-order chi connectivity index (χ0) is 15.4. The van der Waals surface area contributed by atoms with E-state index in [1.54, 1.807) is 6.08 Å². The van der Waals surface area contributed by atoms with Crippen LogP contribution in [0.2, 0.25) is 0 Å². The third-order valence-corrected chi connectivity index (χ3v) is 3.55. The molecule has 1 fully saturated rings. The first-order chi connectivity index (χ1) is 10.0. The lowest BCUT2D eigenvalue weighted by Crippen LogP contribution is -2.52. The van der Waals surface area contributed by atoms with Crippen LogP contribution in [0.3, 0.4) is 0 Å². The van der Waals surface area contributed by atoms with Crippen LogP contribution in [0.1, 0.15) is 26.2 Å². The van der Waals surface area contributed by atoms with Crippen LogP contribution in [-0.4, -0.2) is 30.8 Å².